The van der Waals surface area contributed by atoms with Crippen molar-refractivity contribution in [3.63, 3.8) is 0 Å². The molecule has 0 spiro atoms. The van der Waals surface area contributed by atoms with Crippen molar-refractivity contribution in [1.82, 2.24) is 25.2 Å². The Morgan fingerprint density at radius 2 is 1.96 bits per heavy atom. The summed E-state index contributed by atoms with van der Waals surface area (Å²) in [7, 11) is 1.60. The van der Waals surface area contributed by atoms with Crippen molar-refractivity contribution in [3.8, 4) is 0 Å². The van der Waals surface area contributed by atoms with E-state index in [4.69, 9.17) is 0 Å². The number of guanidine groups is 1. The van der Waals surface area contributed by atoms with Crippen LogP contribution in [0.5, 0.6) is 0 Å². The van der Waals surface area contributed by atoms with Crippen LogP contribution < -0.4 is 10.6 Å². The van der Waals surface area contributed by atoms with Crippen LogP contribution >= 0.6 is 0 Å². The van der Waals surface area contributed by atoms with Gasteiger partial charge in [0.05, 0.1) is 6.54 Å². The number of hydrogen-bond acceptors (Lipinski definition) is 3. The summed E-state index contributed by atoms with van der Waals surface area (Å²) >= 11 is 0. The number of fused-ring (bicyclic) bond motifs is 1. The monoisotopic (exact) mass is 330 g/mol. The predicted octanol–water partition coefficient (Wildman–Crippen LogP) is 1.87. The maximum atomic E-state index is 13.6. The third-order valence-electron chi connectivity index (χ3n) is 3.48. The van der Waals surface area contributed by atoms with Crippen molar-refractivity contribution in [2.45, 2.75) is 13.1 Å². The number of rotatable bonds is 4. The molecule has 124 valence electrons. The van der Waals surface area contributed by atoms with Gasteiger partial charge in [0.15, 0.2) is 17.4 Å². The highest BCUT2D eigenvalue weighted by Crippen LogP contribution is 2.09. The second-order valence-electron chi connectivity index (χ2n) is 5.06. The first kappa shape index (κ1) is 15.9. The third-order valence-corrected chi connectivity index (χ3v) is 3.48. The lowest BCUT2D eigenvalue weighted by molar-refractivity contribution is 0.581. The highest BCUT2D eigenvalue weighted by atomic mass is 19.1. The van der Waals surface area contributed by atoms with Crippen molar-refractivity contribution in [1.29, 1.82) is 0 Å². The molecule has 0 bridgehead atoms. The van der Waals surface area contributed by atoms with Crippen molar-refractivity contribution in [2.75, 3.05) is 7.05 Å². The number of hydrogen-bond donors (Lipinski definition) is 2. The summed E-state index contributed by atoms with van der Waals surface area (Å²) in [5, 5.41) is 14.2. The Bertz CT molecular complexity index is 874. The summed E-state index contributed by atoms with van der Waals surface area (Å²) in [5.74, 6) is 0.214. The second kappa shape index (κ2) is 7.03. The minimum absolute atomic E-state index is 0.115. The summed E-state index contributed by atoms with van der Waals surface area (Å²) < 4.78 is 28.7. The van der Waals surface area contributed by atoms with E-state index in [1.165, 1.54) is 0 Å². The molecule has 3 rings (SSSR count). The number of benzene rings is 1. The molecule has 0 saturated heterocycles. The molecule has 2 heterocycles. The Morgan fingerprint density at radius 3 is 2.79 bits per heavy atom. The molecule has 0 aliphatic rings. The first-order valence-electron chi connectivity index (χ1n) is 7.34. The van der Waals surface area contributed by atoms with Gasteiger partial charge in [-0.25, -0.2) is 8.78 Å². The van der Waals surface area contributed by atoms with Crippen LogP contribution in [-0.4, -0.2) is 27.6 Å². The molecule has 2 aromatic heterocycles. The van der Waals surface area contributed by atoms with E-state index in [1.54, 1.807) is 7.05 Å². The van der Waals surface area contributed by atoms with Crippen molar-refractivity contribution < 1.29 is 8.78 Å². The van der Waals surface area contributed by atoms with Gasteiger partial charge in [0.2, 0.25) is 0 Å². The van der Waals surface area contributed by atoms with Gasteiger partial charge in [0.25, 0.3) is 0 Å². The topological polar surface area (TPSA) is 66.6 Å². The average Bonchev–Trinajstić information content (AvgIpc) is 3.01. The molecule has 8 heteroatoms. The molecule has 2 N–H and O–H groups in total. The Kier molecular flexibility index (Phi) is 4.64. The van der Waals surface area contributed by atoms with Crippen LogP contribution in [0.4, 0.5) is 8.78 Å². The van der Waals surface area contributed by atoms with E-state index in [2.05, 4.69) is 25.8 Å². The molecule has 6 nitrogen and oxygen atoms in total. The average molecular weight is 330 g/mol. The fourth-order valence-electron chi connectivity index (χ4n) is 2.25. The zero-order valence-electron chi connectivity index (χ0n) is 13.0. The van der Waals surface area contributed by atoms with Gasteiger partial charge in [0, 0.05) is 25.4 Å². The third kappa shape index (κ3) is 3.48. The normalized spacial score (nSPS) is 11.7. The van der Waals surface area contributed by atoms with Gasteiger partial charge >= 0.3 is 0 Å². The number of nitrogens with one attached hydrogen (secondary N) is 2. The molecule has 0 atom stereocenters. The molecule has 0 aliphatic carbocycles. The molecule has 0 aliphatic heterocycles. The van der Waals surface area contributed by atoms with E-state index < -0.39 is 11.6 Å². The van der Waals surface area contributed by atoms with Crippen LogP contribution in [0.15, 0.2) is 47.6 Å². The first-order chi connectivity index (χ1) is 11.7. The smallest absolute Gasteiger partial charge is 0.191 e. The number of aliphatic imine (C=N–C) groups is 1. The Morgan fingerprint density at radius 1 is 1.12 bits per heavy atom. The summed E-state index contributed by atoms with van der Waals surface area (Å²) in [6, 6.07) is 8.97. The van der Waals surface area contributed by atoms with Gasteiger partial charge in [-0.2, -0.15) is 0 Å². The van der Waals surface area contributed by atoms with Crippen LogP contribution in [0.2, 0.25) is 0 Å². The minimum Gasteiger partial charge on any atom is -0.352 e. The van der Waals surface area contributed by atoms with E-state index >= 15 is 0 Å². The lowest BCUT2D eigenvalue weighted by Gasteiger charge is -2.11. The van der Waals surface area contributed by atoms with Crippen LogP contribution in [0, 0.1) is 11.6 Å². The lowest BCUT2D eigenvalue weighted by Crippen LogP contribution is -2.37. The van der Waals surface area contributed by atoms with E-state index in [-0.39, 0.29) is 12.1 Å². The standard InChI is InChI=1S/C16H16F2N6/c1-19-16(20-9-11-8-12(17)5-6-13(11)18)21-10-15-23-22-14-4-2-3-7-24(14)15/h2-8H,9-10H2,1H3,(H2,19,20,21). The maximum Gasteiger partial charge on any atom is 0.191 e. The molecule has 24 heavy (non-hydrogen) atoms. The number of pyridine rings is 1. The molecule has 0 fully saturated rings. The van der Waals surface area contributed by atoms with E-state index in [0.717, 1.165) is 23.8 Å². The fourth-order valence-corrected chi connectivity index (χ4v) is 2.25. The number of halogens is 2. The van der Waals surface area contributed by atoms with Crippen molar-refractivity contribution in [2.24, 2.45) is 4.99 Å². The Balaban J connectivity index is 1.62. The highest BCUT2D eigenvalue weighted by Gasteiger charge is 2.07. The number of aromatic nitrogens is 3. The van der Waals surface area contributed by atoms with Gasteiger partial charge in [-0.1, -0.05) is 6.07 Å². The summed E-state index contributed by atoms with van der Waals surface area (Å²) in [6.07, 6.45) is 1.87. The zero-order chi connectivity index (χ0) is 16.9. The molecule has 0 unspecified atom stereocenters. The largest absolute Gasteiger partial charge is 0.352 e. The van der Waals surface area contributed by atoms with Gasteiger partial charge in [0.1, 0.15) is 11.6 Å². The molecular formula is C16H16F2N6. The van der Waals surface area contributed by atoms with Crippen LogP contribution in [0.3, 0.4) is 0 Å². The predicted molar refractivity (Wildman–Crippen MR) is 86.4 cm³/mol. The van der Waals surface area contributed by atoms with E-state index in [0.29, 0.717) is 18.3 Å². The molecule has 3 aromatic rings. The lowest BCUT2D eigenvalue weighted by atomic mass is 10.2. The Hall–Kier alpha value is -3.03. The molecule has 0 amide bonds. The molecule has 1 aromatic carbocycles. The van der Waals surface area contributed by atoms with Crippen LogP contribution in [0.25, 0.3) is 5.65 Å². The van der Waals surface area contributed by atoms with Gasteiger partial charge < -0.3 is 10.6 Å². The van der Waals surface area contributed by atoms with Crippen LogP contribution in [-0.2, 0) is 13.1 Å². The zero-order valence-corrected chi connectivity index (χ0v) is 13.0. The van der Waals surface area contributed by atoms with Crippen molar-refractivity contribution in [3.05, 3.63) is 65.6 Å². The maximum absolute atomic E-state index is 13.6. The molecular weight excluding hydrogens is 314 g/mol. The summed E-state index contributed by atoms with van der Waals surface area (Å²) in [4.78, 5) is 4.06. The Labute approximate surface area is 137 Å². The minimum atomic E-state index is -0.480. The van der Waals surface area contributed by atoms with E-state index in [9.17, 15) is 8.78 Å². The summed E-state index contributed by atoms with van der Waals surface area (Å²) in [6.45, 7) is 0.500. The quantitative estimate of drug-likeness (QED) is 0.566. The SMILES string of the molecule is CN=C(NCc1cc(F)ccc1F)NCc1nnc2ccccn12. The highest BCUT2D eigenvalue weighted by molar-refractivity contribution is 5.79. The van der Waals surface area contributed by atoms with Gasteiger partial charge in [-0.05, 0) is 30.3 Å². The number of nitrogens with zero attached hydrogens (tertiary/aromatic N) is 4. The van der Waals surface area contributed by atoms with E-state index in [1.807, 2.05) is 28.8 Å². The first-order valence-corrected chi connectivity index (χ1v) is 7.34. The fraction of sp³-hybridized carbons (Fsp3) is 0.188. The van der Waals surface area contributed by atoms with Crippen molar-refractivity contribution >= 4 is 11.6 Å². The second-order valence-corrected chi connectivity index (χ2v) is 5.06. The summed E-state index contributed by atoms with van der Waals surface area (Å²) in [5.41, 5.74) is 0.977. The van der Waals surface area contributed by atoms with Gasteiger partial charge in [-0.15, -0.1) is 10.2 Å². The molecule has 0 saturated carbocycles. The van der Waals surface area contributed by atoms with Gasteiger partial charge in [-0.3, -0.25) is 9.39 Å². The molecule has 0 radical (unpaired) electrons. The van der Waals surface area contributed by atoms with Crippen LogP contribution in [0.1, 0.15) is 11.4 Å².